The molecule has 0 aromatic heterocycles. The van der Waals surface area contributed by atoms with Crippen molar-refractivity contribution in [1.82, 2.24) is 10.2 Å². The third-order valence-electron chi connectivity index (χ3n) is 4.03. The maximum absolute atomic E-state index is 12.3. The highest BCUT2D eigenvalue weighted by Gasteiger charge is 2.48. The Bertz CT molecular complexity index is 471. The van der Waals surface area contributed by atoms with E-state index < -0.39 is 23.6 Å². The maximum Gasteiger partial charge on any atom is 0.407 e. The van der Waals surface area contributed by atoms with Crippen LogP contribution in [0.1, 0.15) is 40.0 Å². The fourth-order valence-corrected chi connectivity index (χ4v) is 3.13. The molecular weight excluding hydrogens is 288 g/mol. The molecule has 0 aromatic rings. The number of nitrogens with zero attached hydrogens (tertiary/aromatic N) is 1. The van der Waals surface area contributed by atoms with Crippen LogP contribution in [0.15, 0.2) is 0 Å². The van der Waals surface area contributed by atoms with Crippen LogP contribution < -0.4 is 5.32 Å². The lowest BCUT2D eigenvalue weighted by Crippen LogP contribution is -2.54. The summed E-state index contributed by atoms with van der Waals surface area (Å²) in [5, 5.41) is 2.84. The molecule has 124 valence electrons. The molecule has 7 heteroatoms. The lowest BCUT2D eigenvalue weighted by atomic mass is 9.94. The molecule has 2 saturated heterocycles. The summed E-state index contributed by atoms with van der Waals surface area (Å²) in [4.78, 5) is 37.6. The van der Waals surface area contributed by atoms with Crippen molar-refractivity contribution in [3.05, 3.63) is 0 Å². The Kier molecular flexibility index (Phi) is 4.63. The number of esters is 1. The van der Waals surface area contributed by atoms with Gasteiger partial charge in [0.2, 0.25) is 5.91 Å². The van der Waals surface area contributed by atoms with Gasteiger partial charge in [0.15, 0.2) is 0 Å². The number of ether oxygens (including phenoxy) is 2. The Labute approximate surface area is 130 Å². The van der Waals surface area contributed by atoms with E-state index in [9.17, 15) is 14.4 Å². The summed E-state index contributed by atoms with van der Waals surface area (Å²) in [5.74, 6) is -1.46. The Hall–Kier alpha value is -1.79. The van der Waals surface area contributed by atoms with Crippen LogP contribution in [-0.2, 0) is 19.1 Å². The molecule has 0 aromatic carbocycles. The number of alkyl carbamates (subject to hydrolysis) is 1. The van der Waals surface area contributed by atoms with Gasteiger partial charge in [0.05, 0.1) is 19.2 Å². The fourth-order valence-electron chi connectivity index (χ4n) is 3.13. The summed E-state index contributed by atoms with van der Waals surface area (Å²) < 4.78 is 9.96. The van der Waals surface area contributed by atoms with Crippen molar-refractivity contribution in [2.24, 2.45) is 5.92 Å². The molecular formula is C15H24N2O5. The van der Waals surface area contributed by atoms with E-state index in [0.29, 0.717) is 13.0 Å². The van der Waals surface area contributed by atoms with Crippen molar-refractivity contribution in [2.75, 3.05) is 13.7 Å². The number of nitrogens with one attached hydrogen (secondary N) is 1. The van der Waals surface area contributed by atoms with Gasteiger partial charge in [0.25, 0.3) is 0 Å². The molecule has 2 aliphatic heterocycles. The molecule has 3 atom stereocenters. The summed E-state index contributed by atoms with van der Waals surface area (Å²) in [6.07, 6.45) is 1.44. The van der Waals surface area contributed by atoms with Gasteiger partial charge in [0.1, 0.15) is 11.5 Å². The van der Waals surface area contributed by atoms with Gasteiger partial charge >= 0.3 is 12.1 Å². The maximum atomic E-state index is 12.3. The number of rotatable bonds is 2. The second-order valence-corrected chi connectivity index (χ2v) is 6.81. The summed E-state index contributed by atoms with van der Waals surface area (Å²) in [5.41, 5.74) is -0.571. The average molecular weight is 312 g/mol. The van der Waals surface area contributed by atoms with E-state index in [1.807, 2.05) is 0 Å². The van der Waals surface area contributed by atoms with Gasteiger partial charge in [-0.05, 0) is 40.0 Å². The number of piperidine rings is 1. The van der Waals surface area contributed by atoms with Crippen LogP contribution in [0, 0.1) is 5.92 Å². The minimum absolute atomic E-state index is 0.169. The molecule has 2 aliphatic rings. The van der Waals surface area contributed by atoms with Crippen molar-refractivity contribution in [1.29, 1.82) is 0 Å². The predicted molar refractivity (Wildman–Crippen MR) is 78.0 cm³/mol. The van der Waals surface area contributed by atoms with E-state index in [0.717, 1.165) is 12.8 Å². The van der Waals surface area contributed by atoms with Crippen LogP contribution in [0.2, 0.25) is 0 Å². The third-order valence-corrected chi connectivity index (χ3v) is 4.03. The smallest absolute Gasteiger partial charge is 0.407 e. The first-order valence-corrected chi connectivity index (χ1v) is 7.61. The van der Waals surface area contributed by atoms with Gasteiger partial charge in [-0.2, -0.15) is 0 Å². The lowest BCUT2D eigenvalue weighted by molar-refractivity contribution is -0.150. The van der Waals surface area contributed by atoms with Gasteiger partial charge in [0, 0.05) is 6.54 Å². The van der Waals surface area contributed by atoms with E-state index in [1.54, 1.807) is 25.7 Å². The summed E-state index contributed by atoms with van der Waals surface area (Å²) in [6, 6.07) is -0.361. The van der Waals surface area contributed by atoms with E-state index in [1.165, 1.54) is 7.11 Å². The van der Waals surface area contributed by atoms with Gasteiger partial charge in [-0.3, -0.25) is 9.59 Å². The Morgan fingerprint density at radius 3 is 2.59 bits per heavy atom. The average Bonchev–Trinajstić information content (AvgIpc) is 2.75. The van der Waals surface area contributed by atoms with Crippen molar-refractivity contribution < 1.29 is 23.9 Å². The highest BCUT2D eigenvalue weighted by Crippen LogP contribution is 2.32. The zero-order chi connectivity index (χ0) is 16.5. The number of amides is 2. The SMILES string of the molecule is COC(=O)[C@H]1C[C@@H]2[C@H](NC(=O)OC(C)(C)C)CCCN2C1=O. The molecule has 0 radical (unpaired) electrons. The van der Waals surface area contributed by atoms with Gasteiger partial charge in [-0.25, -0.2) is 4.79 Å². The molecule has 0 spiro atoms. The van der Waals surface area contributed by atoms with E-state index >= 15 is 0 Å². The van der Waals surface area contributed by atoms with Crippen LogP contribution in [0.5, 0.6) is 0 Å². The number of hydrogen-bond acceptors (Lipinski definition) is 5. The summed E-state index contributed by atoms with van der Waals surface area (Å²) in [7, 11) is 1.28. The minimum Gasteiger partial charge on any atom is -0.468 e. The normalized spacial score (nSPS) is 28.1. The van der Waals surface area contributed by atoms with E-state index in [4.69, 9.17) is 9.47 Å². The van der Waals surface area contributed by atoms with Crippen molar-refractivity contribution in [2.45, 2.75) is 57.7 Å². The quantitative estimate of drug-likeness (QED) is 0.609. The topological polar surface area (TPSA) is 84.9 Å². The minimum atomic E-state index is -0.754. The zero-order valence-electron chi connectivity index (χ0n) is 13.5. The molecule has 0 saturated carbocycles. The monoisotopic (exact) mass is 312 g/mol. The van der Waals surface area contributed by atoms with Crippen LogP contribution in [0.25, 0.3) is 0 Å². The highest BCUT2D eigenvalue weighted by molar-refractivity contribution is 5.99. The van der Waals surface area contributed by atoms with Crippen molar-refractivity contribution >= 4 is 18.0 Å². The number of carbonyl (C=O) groups is 3. The summed E-state index contributed by atoms with van der Waals surface area (Å²) >= 11 is 0. The van der Waals surface area contributed by atoms with Crippen molar-refractivity contribution in [3.8, 4) is 0 Å². The highest BCUT2D eigenvalue weighted by atomic mass is 16.6. The molecule has 2 fully saturated rings. The second-order valence-electron chi connectivity index (χ2n) is 6.81. The second kappa shape index (κ2) is 6.14. The molecule has 2 rings (SSSR count). The number of carbonyl (C=O) groups excluding carboxylic acids is 3. The van der Waals surface area contributed by atoms with Gasteiger partial charge in [-0.1, -0.05) is 0 Å². The first-order chi connectivity index (χ1) is 10.2. The zero-order valence-corrected chi connectivity index (χ0v) is 13.5. The lowest BCUT2D eigenvalue weighted by Gasteiger charge is -2.37. The largest absolute Gasteiger partial charge is 0.468 e. The van der Waals surface area contributed by atoms with E-state index in [2.05, 4.69) is 5.32 Å². The first-order valence-electron chi connectivity index (χ1n) is 7.61. The Morgan fingerprint density at radius 1 is 1.32 bits per heavy atom. The molecule has 0 unspecified atom stereocenters. The number of methoxy groups -OCH3 is 1. The molecule has 7 nitrogen and oxygen atoms in total. The van der Waals surface area contributed by atoms with Crippen LogP contribution >= 0.6 is 0 Å². The molecule has 2 heterocycles. The molecule has 2 amide bonds. The van der Waals surface area contributed by atoms with Gasteiger partial charge < -0.3 is 19.7 Å². The summed E-state index contributed by atoms with van der Waals surface area (Å²) in [6.45, 7) is 6.01. The number of fused-ring (bicyclic) bond motifs is 1. The van der Waals surface area contributed by atoms with Crippen LogP contribution in [-0.4, -0.2) is 54.2 Å². The number of hydrogen-bond donors (Lipinski definition) is 1. The molecule has 0 bridgehead atoms. The molecule has 0 aliphatic carbocycles. The fraction of sp³-hybridized carbons (Fsp3) is 0.800. The molecule has 1 N–H and O–H groups in total. The third kappa shape index (κ3) is 3.51. The standard InChI is InChI=1S/C15H24N2O5/c1-15(2,3)22-14(20)16-10-6-5-7-17-11(10)8-9(12(17)18)13(19)21-4/h9-11H,5-8H2,1-4H3,(H,16,20)/t9-,10+,11+/m0/s1. The van der Waals surface area contributed by atoms with Crippen molar-refractivity contribution in [3.63, 3.8) is 0 Å². The Balaban J connectivity index is 2.04. The molecule has 22 heavy (non-hydrogen) atoms. The first kappa shape index (κ1) is 16.6. The predicted octanol–water partition coefficient (Wildman–Crippen LogP) is 1.06. The van der Waals surface area contributed by atoms with Crippen LogP contribution in [0.4, 0.5) is 4.79 Å². The van der Waals surface area contributed by atoms with Gasteiger partial charge in [-0.15, -0.1) is 0 Å². The van der Waals surface area contributed by atoms with Crippen LogP contribution in [0.3, 0.4) is 0 Å². The Morgan fingerprint density at radius 2 is 2.00 bits per heavy atom. The van der Waals surface area contributed by atoms with E-state index in [-0.39, 0.29) is 18.0 Å².